The van der Waals surface area contributed by atoms with Crippen molar-refractivity contribution in [2.24, 2.45) is 0 Å². The van der Waals surface area contributed by atoms with Crippen molar-refractivity contribution in [1.29, 1.82) is 0 Å². The van der Waals surface area contributed by atoms with Gasteiger partial charge < -0.3 is 5.11 Å². The van der Waals surface area contributed by atoms with Crippen molar-refractivity contribution in [2.75, 3.05) is 0 Å². The summed E-state index contributed by atoms with van der Waals surface area (Å²) in [6, 6.07) is 24.1. The van der Waals surface area contributed by atoms with Gasteiger partial charge in [-0.15, -0.1) is 0 Å². The van der Waals surface area contributed by atoms with Gasteiger partial charge in [-0.25, -0.2) is 4.98 Å². The monoisotopic (exact) mass is 364 g/mol. The number of nitrogens with zero attached hydrogens (tertiary/aromatic N) is 2. The van der Waals surface area contributed by atoms with Gasteiger partial charge in [0.1, 0.15) is 5.75 Å². The molecule has 1 aliphatic rings. The van der Waals surface area contributed by atoms with Gasteiger partial charge >= 0.3 is 0 Å². The van der Waals surface area contributed by atoms with Gasteiger partial charge in [-0.1, -0.05) is 56.3 Å². The highest BCUT2D eigenvalue weighted by Crippen LogP contribution is 2.51. The Morgan fingerprint density at radius 1 is 0.750 bits per heavy atom. The highest BCUT2D eigenvalue weighted by molar-refractivity contribution is 5.84. The lowest BCUT2D eigenvalue weighted by molar-refractivity contribution is 0.476. The second-order valence-corrected chi connectivity index (χ2v) is 7.71. The molecule has 0 unspecified atom stereocenters. The van der Waals surface area contributed by atoms with E-state index in [0.717, 1.165) is 44.9 Å². The number of pyridine rings is 2. The molecule has 1 N–H and O–H groups in total. The maximum absolute atomic E-state index is 10.5. The van der Waals surface area contributed by atoms with Crippen LogP contribution >= 0.6 is 0 Å². The van der Waals surface area contributed by atoms with Crippen molar-refractivity contribution in [2.45, 2.75) is 19.3 Å². The Hall–Kier alpha value is -3.46. The van der Waals surface area contributed by atoms with E-state index in [1.165, 1.54) is 0 Å². The van der Waals surface area contributed by atoms with Crippen LogP contribution in [0.25, 0.3) is 33.8 Å². The van der Waals surface area contributed by atoms with E-state index in [0.29, 0.717) is 0 Å². The molecule has 2 heterocycles. The second-order valence-electron chi connectivity index (χ2n) is 7.71. The van der Waals surface area contributed by atoms with E-state index in [1.54, 1.807) is 12.3 Å². The summed E-state index contributed by atoms with van der Waals surface area (Å²) >= 11 is 0. The smallest absolute Gasteiger partial charge is 0.125 e. The molecule has 2 aromatic carbocycles. The minimum Gasteiger partial charge on any atom is -0.507 e. The molecule has 0 radical (unpaired) electrons. The largest absolute Gasteiger partial charge is 0.507 e. The van der Waals surface area contributed by atoms with E-state index in [-0.39, 0.29) is 11.2 Å². The number of hydrogen-bond donors (Lipinski definition) is 1. The average Bonchev–Trinajstić information content (AvgIpc) is 2.97. The van der Waals surface area contributed by atoms with Crippen LogP contribution in [0.15, 0.2) is 79.0 Å². The van der Waals surface area contributed by atoms with Crippen LogP contribution in [0.2, 0.25) is 0 Å². The molecule has 0 amide bonds. The zero-order chi connectivity index (χ0) is 19.3. The third-order valence-electron chi connectivity index (χ3n) is 5.64. The molecule has 136 valence electrons. The van der Waals surface area contributed by atoms with Crippen molar-refractivity contribution in [3.05, 3.63) is 90.1 Å². The molecule has 0 spiro atoms. The first-order valence-electron chi connectivity index (χ1n) is 9.42. The van der Waals surface area contributed by atoms with E-state index in [9.17, 15) is 5.11 Å². The van der Waals surface area contributed by atoms with Crippen molar-refractivity contribution >= 4 is 0 Å². The Morgan fingerprint density at radius 3 is 2.32 bits per heavy atom. The van der Waals surface area contributed by atoms with Gasteiger partial charge in [0.25, 0.3) is 0 Å². The standard InChI is InChI=1S/C25H20N2O/c1-25(2)18-9-6-11-22(28)23(18)24-19(25)12-13-21(27-24)17-8-5-7-16(15-17)20-10-3-4-14-26-20/h3-15,28H,1-2H3. The Labute approximate surface area is 164 Å². The summed E-state index contributed by atoms with van der Waals surface area (Å²) in [7, 11) is 0. The molecule has 5 rings (SSSR count). The predicted octanol–water partition coefficient (Wildman–Crippen LogP) is 5.82. The number of hydrogen-bond acceptors (Lipinski definition) is 3. The Kier molecular flexibility index (Phi) is 3.59. The van der Waals surface area contributed by atoms with Gasteiger partial charge in [0.15, 0.2) is 0 Å². The van der Waals surface area contributed by atoms with Crippen LogP contribution in [0.1, 0.15) is 25.0 Å². The van der Waals surface area contributed by atoms with E-state index in [2.05, 4.69) is 55.2 Å². The lowest BCUT2D eigenvalue weighted by Crippen LogP contribution is -2.14. The number of benzene rings is 2. The van der Waals surface area contributed by atoms with Crippen LogP contribution in [-0.2, 0) is 5.41 Å². The molecule has 0 saturated heterocycles. The van der Waals surface area contributed by atoms with Crippen molar-refractivity contribution < 1.29 is 5.11 Å². The zero-order valence-electron chi connectivity index (χ0n) is 15.8. The second kappa shape index (κ2) is 6.03. The Bertz CT molecular complexity index is 1200. The third-order valence-corrected chi connectivity index (χ3v) is 5.64. The lowest BCUT2D eigenvalue weighted by Gasteiger charge is -2.21. The minimum absolute atomic E-state index is 0.176. The van der Waals surface area contributed by atoms with Gasteiger partial charge in [-0.2, -0.15) is 0 Å². The molecule has 3 nitrogen and oxygen atoms in total. The van der Waals surface area contributed by atoms with Gasteiger partial charge in [0.05, 0.1) is 17.1 Å². The highest BCUT2D eigenvalue weighted by Gasteiger charge is 2.38. The number of rotatable bonds is 2. The summed E-state index contributed by atoms with van der Waals surface area (Å²) in [6.45, 7) is 4.36. The normalized spacial score (nSPS) is 13.8. The molecule has 3 heteroatoms. The first kappa shape index (κ1) is 16.7. The van der Waals surface area contributed by atoms with Crippen LogP contribution in [-0.4, -0.2) is 15.1 Å². The van der Waals surface area contributed by atoms with Crippen molar-refractivity contribution in [3.8, 4) is 39.5 Å². The van der Waals surface area contributed by atoms with E-state index in [4.69, 9.17) is 4.98 Å². The van der Waals surface area contributed by atoms with E-state index < -0.39 is 0 Å². The molecular formula is C25H20N2O. The van der Waals surface area contributed by atoms with E-state index in [1.807, 2.05) is 30.3 Å². The highest BCUT2D eigenvalue weighted by atomic mass is 16.3. The maximum Gasteiger partial charge on any atom is 0.125 e. The SMILES string of the molecule is CC1(C)c2ccc(-c3cccc(-c4ccccn4)c3)nc2-c2c(O)cccc21. The molecule has 2 aromatic heterocycles. The van der Waals surface area contributed by atoms with Crippen molar-refractivity contribution in [3.63, 3.8) is 0 Å². The molecule has 0 atom stereocenters. The molecule has 0 bridgehead atoms. The summed E-state index contributed by atoms with van der Waals surface area (Å²) in [6.07, 6.45) is 1.80. The predicted molar refractivity (Wildman–Crippen MR) is 112 cm³/mol. The zero-order valence-corrected chi connectivity index (χ0v) is 15.8. The van der Waals surface area contributed by atoms with Gasteiger partial charge in [0.2, 0.25) is 0 Å². The van der Waals surface area contributed by atoms with Crippen LogP contribution in [0.4, 0.5) is 0 Å². The summed E-state index contributed by atoms with van der Waals surface area (Å²) in [5.74, 6) is 0.288. The fraction of sp³-hybridized carbons (Fsp3) is 0.120. The summed E-state index contributed by atoms with van der Waals surface area (Å²) in [4.78, 5) is 9.42. The first-order valence-corrected chi connectivity index (χ1v) is 9.42. The quantitative estimate of drug-likeness (QED) is 0.487. The summed E-state index contributed by atoms with van der Waals surface area (Å²) in [5, 5.41) is 10.5. The molecule has 1 aliphatic carbocycles. The molecule has 28 heavy (non-hydrogen) atoms. The van der Waals surface area contributed by atoms with Gasteiger partial charge in [0, 0.05) is 28.3 Å². The Balaban J connectivity index is 1.66. The Morgan fingerprint density at radius 2 is 1.54 bits per heavy atom. The maximum atomic E-state index is 10.5. The van der Waals surface area contributed by atoms with Gasteiger partial charge in [-0.3, -0.25) is 4.98 Å². The average molecular weight is 364 g/mol. The molecule has 0 aliphatic heterocycles. The summed E-state index contributed by atoms with van der Waals surface area (Å²) in [5.41, 5.74) is 7.74. The fourth-order valence-electron chi connectivity index (χ4n) is 4.14. The number of phenols is 1. The third kappa shape index (κ3) is 2.43. The first-order chi connectivity index (χ1) is 13.6. The van der Waals surface area contributed by atoms with E-state index >= 15 is 0 Å². The number of aromatic nitrogens is 2. The van der Waals surface area contributed by atoms with Gasteiger partial charge in [-0.05, 0) is 41.5 Å². The van der Waals surface area contributed by atoms with Crippen LogP contribution in [0.5, 0.6) is 5.75 Å². The summed E-state index contributed by atoms with van der Waals surface area (Å²) < 4.78 is 0. The van der Waals surface area contributed by atoms with Crippen LogP contribution in [0, 0.1) is 0 Å². The topological polar surface area (TPSA) is 46.0 Å². The molecule has 4 aromatic rings. The number of aromatic hydroxyl groups is 1. The molecule has 0 fully saturated rings. The van der Waals surface area contributed by atoms with Crippen LogP contribution < -0.4 is 0 Å². The number of fused-ring (bicyclic) bond motifs is 3. The minimum atomic E-state index is -0.176. The number of phenolic OH excluding ortho intramolecular Hbond substituents is 1. The fourth-order valence-corrected chi connectivity index (χ4v) is 4.14. The van der Waals surface area contributed by atoms with Crippen LogP contribution in [0.3, 0.4) is 0 Å². The van der Waals surface area contributed by atoms with Crippen molar-refractivity contribution in [1.82, 2.24) is 9.97 Å². The molecule has 0 saturated carbocycles. The molecular weight excluding hydrogens is 344 g/mol. The lowest BCUT2D eigenvalue weighted by atomic mass is 9.82.